The van der Waals surface area contributed by atoms with Crippen molar-refractivity contribution in [2.24, 2.45) is 0 Å². The van der Waals surface area contributed by atoms with Crippen molar-refractivity contribution in [3.8, 4) is 0 Å². The van der Waals surface area contributed by atoms with Crippen LogP contribution in [-0.4, -0.2) is 6.09 Å². The number of hydrogen-bond donors (Lipinski definition) is 1. The second-order valence-corrected chi connectivity index (χ2v) is 4.17. The zero-order valence-corrected chi connectivity index (χ0v) is 10.7. The first-order valence-corrected chi connectivity index (χ1v) is 5.96. The van der Waals surface area contributed by atoms with E-state index in [0.29, 0.717) is 0 Å². The minimum Gasteiger partial charge on any atom is -0.444 e. The van der Waals surface area contributed by atoms with Crippen molar-refractivity contribution in [2.45, 2.75) is 6.61 Å². The summed E-state index contributed by atoms with van der Waals surface area (Å²) >= 11 is 5.71. The van der Waals surface area contributed by atoms with E-state index in [2.05, 4.69) is 5.32 Å². The molecule has 1 amide bonds. The summed E-state index contributed by atoms with van der Waals surface area (Å²) in [4.78, 5) is 11.5. The van der Waals surface area contributed by atoms with Crippen LogP contribution in [0.25, 0.3) is 0 Å². The molecule has 2 rings (SSSR count). The third kappa shape index (κ3) is 3.69. The first-order valence-electron chi connectivity index (χ1n) is 5.58. The number of amides is 1. The Labute approximate surface area is 115 Å². The zero-order chi connectivity index (χ0) is 13.7. The van der Waals surface area contributed by atoms with Crippen LogP contribution >= 0.6 is 11.6 Å². The van der Waals surface area contributed by atoms with E-state index >= 15 is 0 Å². The highest BCUT2D eigenvalue weighted by Gasteiger charge is 2.09. The van der Waals surface area contributed by atoms with E-state index in [4.69, 9.17) is 16.3 Å². The largest absolute Gasteiger partial charge is 0.444 e. The Morgan fingerprint density at radius 1 is 1.16 bits per heavy atom. The number of halogens is 2. The topological polar surface area (TPSA) is 38.3 Å². The van der Waals surface area contributed by atoms with Crippen LogP contribution in [0.15, 0.2) is 48.5 Å². The first-order chi connectivity index (χ1) is 9.16. The number of anilines is 1. The first kappa shape index (κ1) is 13.4. The minimum absolute atomic E-state index is 0.139. The van der Waals surface area contributed by atoms with Gasteiger partial charge in [-0.2, -0.15) is 0 Å². The van der Waals surface area contributed by atoms with Gasteiger partial charge in [0, 0.05) is 0 Å². The average molecular weight is 280 g/mol. The van der Waals surface area contributed by atoms with Crippen molar-refractivity contribution in [3.63, 3.8) is 0 Å². The van der Waals surface area contributed by atoms with Crippen LogP contribution in [-0.2, 0) is 11.3 Å². The highest BCUT2D eigenvalue weighted by molar-refractivity contribution is 6.33. The van der Waals surface area contributed by atoms with Crippen molar-refractivity contribution >= 4 is 23.4 Å². The number of rotatable bonds is 3. The highest BCUT2D eigenvalue weighted by Crippen LogP contribution is 2.24. The quantitative estimate of drug-likeness (QED) is 0.913. The summed E-state index contributed by atoms with van der Waals surface area (Å²) in [6.45, 7) is 0.139. The molecular formula is C14H11ClFNO2. The molecule has 0 unspecified atom stereocenters. The number of hydrogen-bond acceptors (Lipinski definition) is 2. The fraction of sp³-hybridized carbons (Fsp3) is 0.0714. The zero-order valence-electron chi connectivity index (χ0n) is 9.90. The fourth-order valence-corrected chi connectivity index (χ4v) is 1.64. The summed E-state index contributed by atoms with van der Waals surface area (Å²) in [5.74, 6) is -0.595. The van der Waals surface area contributed by atoms with Crippen LogP contribution in [0.3, 0.4) is 0 Å². The van der Waals surface area contributed by atoms with Crippen molar-refractivity contribution in [2.75, 3.05) is 5.32 Å². The molecule has 0 spiro atoms. The molecule has 1 N–H and O–H groups in total. The summed E-state index contributed by atoms with van der Waals surface area (Å²) in [7, 11) is 0. The van der Waals surface area contributed by atoms with E-state index in [-0.39, 0.29) is 17.3 Å². The molecule has 3 nitrogen and oxygen atoms in total. The summed E-state index contributed by atoms with van der Waals surface area (Å²) in [6, 6.07) is 13.4. The van der Waals surface area contributed by atoms with E-state index in [1.807, 2.05) is 30.3 Å². The van der Waals surface area contributed by atoms with Crippen LogP contribution in [0, 0.1) is 5.82 Å². The van der Waals surface area contributed by atoms with Gasteiger partial charge in [0.15, 0.2) is 0 Å². The van der Waals surface area contributed by atoms with Crippen LogP contribution in [0.5, 0.6) is 0 Å². The average Bonchev–Trinajstić information content (AvgIpc) is 2.43. The van der Waals surface area contributed by atoms with E-state index < -0.39 is 11.9 Å². The third-order valence-electron chi connectivity index (χ3n) is 2.40. The highest BCUT2D eigenvalue weighted by atomic mass is 35.5. The van der Waals surface area contributed by atoms with Gasteiger partial charge in [0.05, 0.1) is 10.7 Å². The van der Waals surface area contributed by atoms with Gasteiger partial charge in [-0.1, -0.05) is 48.0 Å². The number of benzene rings is 2. The van der Waals surface area contributed by atoms with Gasteiger partial charge in [0.25, 0.3) is 0 Å². The normalized spacial score (nSPS) is 10.0. The molecule has 0 fully saturated rings. The van der Waals surface area contributed by atoms with Crippen molar-refractivity contribution < 1.29 is 13.9 Å². The fourth-order valence-electron chi connectivity index (χ4n) is 1.47. The Balaban J connectivity index is 1.93. The molecule has 0 radical (unpaired) electrons. The lowest BCUT2D eigenvalue weighted by atomic mass is 10.2. The van der Waals surface area contributed by atoms with Crippen LogP contribution in [0.4, 0.5) is 14.9 Å². The monoisotopic (exact) mass is 279 g/mol. The van der Waals surface area contributed by atoms with Crippen molar-refractivity contribution in [1.29, 1.82) is 0 Å². The van der Waals surface area contributed by atoms with E-state index in [1.54, 1.807) is 0 Å². The van der Waals surface area contributed by atoms with Crippen LogP contribution in [0.1, 0.15) is 5.56 Å². The van der Waals surface area contributed by atoms with Gasteiger partial charge >= 0.3 is 6.09 Å². The third-order valence-corrected chi connectivity index (χ3v) is 2.79. The predicted octanol–water partition coefficient (Wildman–Crippen LogP) is 4.23. The maximum absolute atomic E-state index is 13.2. The molecule has 98 valence electrons. The second-order valence-electron chi connectivity index (χ2n) is 3.79. The molecule has 2 aromatic rings. The molecule has 0 saturated carbocycles. The van der Waals surface area contributed by atoms with Crippen LogP contribution in [0.2, 0.25) is 5.02 Å². The SMILES string of the molecule is O=C(Nc1cccc(F)c1Cl)OCc1ccccc1. The molecule has 0 aliphatic carbocycles. The van der Waals surface area contributed by atoms with E-state index in [9.17, 15) is 9.18 Å². The Hall–Kier alpha value is -2.07. The van der Waals surface area contributed by atoms with Crippen molar-refractivity contribution in [1.82, 2.24) is 0 Å². The number of carbonyl (C=O) groups is 1. The summed E-state index contributed by atoms with van der Waals surface area (Å²) in [5.41, 5.74) is 1.04. The van der Waals surface area contributed by atoms with Gasteiger partial charge in [-0.25, -0.2) is 9.18 Å². The number of ether oxygens (including phenoxy) is 1. The van der Waals surface area contributed by atoms with Crippen molar-refractivity contribution in [3.05, 3.63) is 64.9 Å². The standard InChI is InChI=1S/C14H11ClFNO2/c15-13-11(16)7-4-8-12(13)17-14(18)19-9-10-5-2-1-3-6-10/h1-8H,9H2,(H,17,18). The molecule has 0 aliphatic rings. The minimum atomic E-state index is -0.684. The molecular weight excluding hydrogens is 269 g/mol. The molecule has 0 atom stereocenters. The second kappa shape index (κ2) is 6.20. The lowest BCUT2D eigenvalue weighted by Gasteiger charge is -2.08. The van der Waals surface area contributed by atoms with Gasteiger partial charge in [-0.3, -0.25) is 5.32 Å². The molecule has 19 heavy (non-hydrogen) atoms. The lowest BCUT2D eigenvalue weighted by molar-refractivity contribution is 0.155. The Kier molecular flexibility index (Phi) is 4.36. The molecule has 2 aromatic carbocycles. The summed E-state index contributed by atoms with van der Waals surface area (Å²) < 4.78 is 18.2. The molecule has 0 saturated heterocycles. The van der Waals surface area contributed by atoms with E-state index in [1.165, 1.54) is 18.2 Å². The molecule has 0 aliphatic heterocycles. The molecule has 0 aromatic heterocycles. The maximum Gasteiger partial charge on any atom is 0.412 e. The van der Waals surface area contributed by atoms with Gasteiger partial charge in [-0.05, 0) is 17.7 Å². The molecule has 0 bridgehead atoms. The van der Waals surface area contributed by atoms with E-state index in [0.717, 1.165) is 5.56 Å². The maximum atomic E-state index is 13.2. The molecule has 5 heteroatoms. The lowest BCUT2D eigenvalue weighted by Crippen LogP contribution is -2.14. The smallest absolute Gasteiger partial charge is 0.412 e. The number of nitrogens with one attached hydrogen (secondary N) is 1. The Morgan fingerprint density at radius 2 is 1.89 bits per heavy atom. The van der Waals surface area contributed by atoms with Gasteiger partial charge in [0.2, 0.25) is 0 Å². The Bertz CT molecular complexity index is 575. The van der Waals surface area contributed by atoms with Crippen LogP contribution < -0.4 is 5.32 Å². The van der Waals surface area contributed by atoms with Gasteiger partial charge in [0.1, 0.15) is 12.4 Å². The summed E-state index contributed by atoms with van der Waals surface area (Å²) in [5, 5.41) is 2.25. The van der Waals surface area contributed by atoms with Gasteiger partial charge in [-0.15, -0.1) is 0 Å². The predicted molar refractivity (Wildman–Crippen MR) is 71.7 cm³/mol. The molecule has 0 heterocycles. The Morgan fingerprint density at radius 3 is 2.63 bits per heavy atom. The summed E-state index contributed by atoms with van der Waals surface area (Å²) in [6.07, 6.45) is -0.684. The van der Waals surface area contributed by atoms with Gasteiger partial charge < -0.3 is 4.74 Å². The number of carbonyl (C=O) groups excluding carboxylic acids is 1.